The lowest BCUT2D eigenvalue weighted by atomic mass is 10.0. The van der Waals surface area contributed by atoms with Crippen molar-refractivity contribution in [1.82, 2.24) is 4.31 Å². The normalized spacial score (nSPS) is 23.4. The van der Waals surface area contributed by atoms with Gasteiger partial charge in [-0.25, -0.2) is 4.31 Å². The highest BCUT2D eigenvalue weighted by atomic mass is 32.2. The van der Waals surface area contributed by atoms with E-state index < -0.39 is 31.1 Å². The second kappa shape index (κ2) is 4.26. The Hall–Kier alpha value is -0.150. The molecule has 0 atom stereocenters. The Bertz CT molecular complexity index is 238. The highest BCUT2D eigenvalue weighted by Crippen LogP contribution is 2.48. The zero-order valence-electron chi connectivity index (χ0n) is 8.15. The molecule has 1 heterocycles. The van der Waals surface area contributed by atoms with E-state index in [2.05, 4.69) is 4.74 Å². The first-order valence-electron chi connectivity index (χ1n) is 4.20. The minimum Gasteiger partial charge on any atom is -0.356 e. The summed E-state index contributed by atoms with van der Waals surface area (Å²) >= 11 is 0.834. The zero-order valence-corrected chi connectivity index (χ0v) is 8.97. The summed E-state index contributed by atoms with van der Waals surface area (Å²) in [5.74, 6) is 0. The van der Waals surface area contributed by atoms with Crippen LogP contribution in [0.5, 0.6) is 0 Å². The van der Waals surface area contributed by atoms with Gasteiger partial charge in [-0.2, -0.15) is 26.3 Å². The second-order valence-electron chi connectivity index (χ2n) is 3.22. The number of nitrogens with zero attached hydrogens (tertiary/aromatic N) is 1. The number of morpholine rings is 1. The van der Waals surface area contributed by atoms with E-state index in [1.807, 2.05) is 0 Å². The Morgan fingerprint density at radius 2 is 1.62 bits per heavy atom. The number of ether oxygens (including phenoxy) is 1. The van der Waals surface area contributed by atoms with E-state index in [0.717, 1.165) is 16.3 Å². The highest BCUT2D eigenvalue weighted by Gasteiger charge is 2.73. The van der Waals surface area contributed by atoms with Crippen molar-refractivity contribution < 1.29 is 31.1 Å². The van der Waals surface area contributed by atoms with E-state index in [9.17, 15) is 26.3 Å². The molecule has 0 aromatic carbocycles. The molecule has 2 nitrogen and oxygen atoms in total. The van der Waals surface area contributed by atoms with Crippen LogP contribution in [0.2, 0.25) is 0 Å². The lowest BCUT2D eigenvalue weighted by molar-refractivity contribution is -0.388. The van der Waals surface area contributed by atoms with Crippen molar-refractivity contribution in [3.63, 3.8) is 0 Å². The van der Waals surface area contributed by atoms with Gasteiger partial charge in [-0.1, -0.05) is 11.9 Å². The van der Waals surface area contributed by atoms with E-state index >= 15 is 0 Å². The number of rotatable bonds is 1. The molecule has 0 unspecified atom stereocenters. The second-order valence-corrected chi connectivity index (χ2v) is 4.10. The van der Waals surface area contributed by atoms with Crippen molar-refractivity contribution in [2.45, 2.75) is 18.0 Å². The lowest BCUT2D eigenvalue weighted by Gasteiger charge is -2.43. The fourth-order valence-electron chi connectivity index (χ4n) is 1.35. The van der Waals surface area contributed by atoms with Crippen molar-refractivity contribution in [3.05, 3.63) is 0 Å². The molecule has 0 aromatic rings. The molecular weight excluding hydrogens is 260 g/mol. The largest absolute Gasteiger partial charge is 0.427 e. The van der Waals surface area contributed by atoms with Crippen LogP contribution < -0.4 is 0 Å². The van der Waals surface area contributed by atoms with E-state index in [4.69, 9.17) is 0 Å². The molecule has 0 radical (unpaired) electrons. The molecule has 0 aliphatic carbocycles. The van der Waals surface area contributed by atoms with Gasteiger partial charge in [0.2, 0.25) is 0 Å². The summed E-state index contributed by atoms with van der Waals surface area (Å²) in [6, 6.07) is 0. The molecule has 0 N–H and O–H groups in total. The van der Waals surface area contributed by atoms with Gasteiger partial charge in [0.1, 0.15) is 0 Å². The zero-order chi connectivity index (χ0) is 12.6. The molecule has 16 heavy (non-hydrogen) atoms. The van der Waals surface area contributed by atoms with Gasteiger partial charge in [0.25, 0.3) is 5.60 Å². The van der Waals surface area contributed by atoms with Crippen LogP contribution in [0, 0.1) is 0 Å². The van der Waals surface area contributed by atoms with Gasteiger partial charge >= 0.3 is 12.4 Å². The standard InChI is InChI=1S/C7H9F6NOS/c1-16-14-2-3-15-5(4-14,6(8,9)10)7(11,12)13/h2-4H2,1H3. The molecule has 1 aliphatic heterocycles. The van der Waals surface area contributed by atoms with Crippen LogP contribution in [0.4, 0.5) is 26.3 Å². The summed E-state index contributed by atoms with van der Waals surface area (Å²) in [5.41, 5.74) is -4.07. The van der Waals surface area contributed by atoms with Crippen molar-refractivity contribution >= 4 is 11.9 Å². The molecule has 1 saturated heterocycles. The summed E-state index contributed by atoms with van der Waals surface area (Å²) in [6.45, 7) is -1.80. The Labute approximate surface area is 92.0 Å². The van der Waals surface area contributed by atoms with Crippen LogP contribution in [0.1, 0.15) is 0 Å². The molecule has 96 valence electrons. The fourth-order valence-corrected chi connectivity index (χ4v) is 1.92. The number of hydrogen-bond acceptors (Lipinski definition) is 3. The van der Waals surface area contributed by atoms with Crippen LogP contribution in [0.15, 0.2) is 0 Å². The topological polar surface area (TPSA) is 12.5 Å². The molecule has 1 fully saturated rings. The Kier molecular flexibility index (Phi) is 3.71. The quantitative estimate of drug-likeness (QED) is 0.536. The molecule has 1 aliphatic rings. The third-order valence-electron chi connectivity index (χ3n) is 2.26. The van der Waals surface area contributed by atoms with E-state index in [1.165, 1.54) is 6.26 Å². The Morgan fingerprint density at radius 3 is 2.00 bits per heavy atom. The Morgan fingerprint density at radius 1 is 1.12 bits per heavy atom. The van der Waals surface area contributed by atoms with Crippen LogP contribution in [0.3, 0.4) is 0 Å². The van der Waals surface area contributed by atoms with Gasteiger partial charge in [0, 0.05) is 6.54 Å². The number of halogens is 6. The molecule has 0 amide bonds. The monoisotopic (exact) mass is 269 g/mol. The molecule has 0 saturated carbocycles. The van der Waals surface area contributed by atoms with Crippen molar-refractivity contribution in [1.29, 1.82) is 0 Å². The smallest absolute Gasteiger partial charge is 0.356 e. The first-order chi connectivity index (χ1) is 7.14. The van der Waals surface area contributed by atoms with Gasteiger partial charge in [-0.3, -0.25) is 0 Å². The molecule has 0 bridgehead atoms. The lowest BCUT2D eigenvalue weighted by Crippen LogP contribution is -2.66. The molecule has 0 spiro atoms. The third-order valence-corrected chi connectivity index (χ3v) is 3.09. The summed E-state index contributed by atoms with van der Waals surface area (Å²) in [5, 5.41) is 0. The van der Waals surface area contributed by atoms with Crippen LogP contribution in [-0.2, 0) is 4.74 Å². The summed E-state index contributed by atoms with van der Waals surface area (Å²) in [6.07, 6.45) is -9.53. The van der Waals surface area contributed by atoms with Gasteiger partial charge in [-0.15, -0.1) is 0 Å². The van der Waals surface area contributed by atoms with Gasteiger partial charge in [0.05, 0.1) is 13.2 Å². The van der Waals surface area contributed by atoms with Gasteiger partial charge in [0.15, 0.2) is 0 Å². The predicted octanol–water partition coefficient (Wildman–Crippen LogP) is 2.46. The van der Waals surface area contributed by atoms with E-state index in [-0.39, 0.29) is 6.54 Å². The maximum atomic E-state index is 12.5. The summed E-state index contributed by atoms with van der Waals surface area (Å²) in [7, 11) is 0. The minimum absolute atomic E-state index is 0.0368. The van der Waals surface area contributed by atoms with Crippen molar-refractivity contribution in [2.24, 2.45) is 0 Å². The summed E-state index contributed by atoms with van der Waals surface area (Å²) < 4.78 is 80.1. The first kappa shape index (κ1) is 13.9. The van der Waals surface area contributed by atoms with Crippen LogP contribution >= 0.6 is 11.9 Å². The number of alkyl halides is 6. The first-order valence-corrected chi connectivity index (χ1v) is 5.39. The highest BCUT2D eigenvalue weighted by molar-refractivity contribution is 7.96. The van der Waals surface area contributed by atoms with Gasteiger partial charge in [-0.05, 0) is 6.26 Å². The Balaban J connectivity index is 3.06. The van der Waals surface area contributed by atoms with Crippen LogP contribution in [0.25, 0.3) is 0 Å². The average Bonchev–Trinajstić information content (AvgIpc) is 2.14. The average molecular weight is 269 g/mol. The molecule has 0 aromatic heterocycles. The maximum absolute atomic E-state index is 12.5. The van der Waals surface area contributed by atoms with Crippen molar-refractivity contribution in [2.75, 3.05) is 26.0 Å². The fraction of sp³-hybridized carbons (Fsp3) is 1.00. The third kappa shape index (κ3) is 2.25. The van der Waals surface area contributed by atoms with Crippen molar-refractivity contribution in [3.8, 4) is 0 Å². The number of hydrogen-bond donors (Lipinski definition) is 0. The van der Waals surface area contributed by atoms with Crippen LogP contribution in [-0.4, -0.2) is 48.2 Å². The SMILES string of the molecule is CSN1CCOC(C(F)(F)F)(C(F)(F)F)C1. The molecular formula is C7H9F6NOS. The molecule has 1 rings (SSSR count). The molecule has 9 heteroatoms. The summed E-state index contributed by atoms with van der Waals surface area (Å²) in [4.78, 5) is 0. The predicted molar refractivity (Wildman–Crippen MR) is 45.9 cm³/mol. The maximum Gasteiger partial charge on any atom is 0.427 e. The minimum atomic E-state index is -5.47. The van der Waals surface area contributed by atoms with E-state index in [1.54, 1.807) is 0 Å². The van der Waals surface area contributed by atoms with E-state index in [0.29, 0.717) is 0 Å². The van der Waals surface area contributed by atoms with Gasteiger partial charge < -0.3 is 4.74 Å².